The van der Waals surface area contributed by atoms with Gasteiger partial charge in [-0.3, -0.25) is 4.40 Å². The van der Waals surface area contributed by atoms with E-state index in [2.05, 4.69) is 20.5 Å². The third kappa shape index (κ3) is 2.74. The summed E-state index contributed by atoms with van der Waals surface area (Å²) in [6.07, 6.45) is 1.61. The van der Waals surface area contributed by atoms with Gasteiger partial charge in [-0.25, -0.2) is 9.78 Å². The second-order valence-electron chi connectivity index (χ2n) is 5.31. The van der Waals surface area contributed by atoms with Crippen molar-refractivity contribution in [1.82, 2.24) is 19.6 Å². The van der Waals surface area contributed by atoms with Gasteiger partial charge < -0.3 is 10.1 Å². The molecule has 2 aromatic heterocycles. The van der Waals surface area contributed by atoms with Crippen LogP contribution in [0.25, 0.3) is 16.7 Å². The zero-order chi connectivity index (χ0) is 17.4. The number of hydrogen-bond donors (Lipinski definition) is 1. The first kappa shape index (κ1) is 15.3. The smallest absolute Gasteiger partial charge is 0.337 e. The first-order valence-corrected chi connectivity index (χ1v) is 7.78. The molecule has 0 aliphatic carbocycles. The number of hydrogen-bond acceptors (Lipinski definition) is 6. The lowest BCUT2D eigenvalue weighted by atomic mass is 10.2. The molecule has 25 heavy (non-hydrogen) atoms. The van der Waals surface area contributed by atoms with E-state index in [1.807, 2.05) is 16.5 Å². The number of halogens is 1. The lowest BCUT2D eigenvalue weighted by Crippen LogP contribution is -2.02. The molecule has 0 bridgehead atoms. The predicted octanol–water partition coefficient (Wildman–Crippen LogP) is 3.46. The first-order chi connectivity index (χ1) is 12.2. The molecule has 1 N–H and O–H groups in total. The van der Waals surface area contributed by atoms with E-state index < -0.39 is 0 Å². The summed E-state index contributed by atoms with van der Waals surface area (Å²) in [7, 11) is 1.35. The van der Waals surface area contributed by atoms with Crippen LogP contribution in [0.15, 0.2) is 48.8 Å². The number of esters is 1. The second-order valence-corrected chi connectivity index (χ2v) is 5.75. The molecule has 0 fully saturated rings. The molecule has 0 amide bonds. The highest BCUT2D eigenvalue weighted by atomic mass is 35.5. The van der Waals surface area contributed by atoms with E-state index in [9.17, 15) is 4.79 Å². The minimum absolute atomic E-state index is 0.382. The van der Waals surface area contributed by atoms with Crippen molar-refractivity contribution in [3.05, 3.63) is 59.4 Å². The summed E-state index contributed by atoms with van der Waals surface area (Å²) >= 11 is 6.07. The molecule has 124 valence electrons. The summed E-state index contributed by atoms with van der Waals surface area (Å²) in [5.41, 5.74) is 3.39. The molecular formula is C17H12ClN5O2. The third-order valence-electron chi connectivity index (χ3n) is 3.76. The Morgan fingerprint density at radius 2 is 2.00 bits per heavy atom. The molecule has 0 saturated heterocycles. The van der Waals surface area contributed by atoms with E-state index >= 15 is 0 Å². The maximum Gasteiger partial charge on any atom is 0.337 e. The molecule has 4 aromatic rings. The summed E-state index contributed by atoms with van der Waals surface area (Å²) in [5.74, 6) is 0.172. The molecule has 0 unspecified atom stereocenters. The second kappa shape index (κ2) is 6.03. The van der Waals surface area contributed by atoms with Crippen LogP contribution < -0.4 is 5.32 Å². The number of nitrogens with zero attached hydrogens (tertiary/aromatic N) is 4. The number of anilines is 2. The van der Waals surface area contributed by atoms with Gasteiger partial charge in [0.1, 0.15) is 6.33 Å². The summed E-state index contributed by atoms with van der Waals surface area (Å²) in [5, 5.41) is 11.9. The maximum atomic E-state index is 11.5. The van der Waals surface area contributed by atoms with E-state index in [4.69, 9.17) is 16.3 Å². The molecule has 0 aliphatic rings. The molecule has 0 radical (unpaired) electrons. The number of rotatable bonds is 3. The molecule has 7 nitrogen and oxygen atoms in total. The molecule has 4 rings (SSSR count). The van der Waals surface area contributed by atoms with Crippen molar-refractivity contribution < 1.29 is 9.53 Å². The van der Waals surface area contributed by atoms with E-state index in [0.29, 0.717) is 22.1 Å². The monoisotopic (exact) mass is 353 g/mol. The average Bonchev–Trinajstić information content (AvgIpc) is 3.13. The van der Waals surface area contributed by atoms with E-state index in [1.54, 1.807) is 36.7 Å². The van der Waals surface area contributed by atoms with Crippen molar-refractivity contribution in [3.8, 4) is 0 Å². The molecular weight excluding hydrogens is 342 g/mol. The van der Waals surface area contributed by atoms with Crippen LogP contribution in [0, 0.1) is 0 Å². The van der Waals surface area contributed by atoms with Crippen LogP contribution in [0.5, 0.6) is 0 Å². The van der Waals surface area contributed by atoms with Gasteiger partial charge in [0, 0.05) is 10.7 Å². The average molecular weight is 354 g/mol. The Morgan fingerprint density at radius 3 is 2.76 bits per heavy atom. The topological polar surface area (TPSA) is 81.4 Å². The zero-order valence-electron chi connectivity index (χ0n) is 13.1. The highest BCUT2D eigenvalue weighted by Gasteiger charge is 2.11. The fourth-order valence-electron chi connectivity index (χ4n) is 2.56. The van der Waals surface area contributed by atoms with Crippen LogP contribution in [0.3, 0.4) is 0 Å². The van der Waals surface area contributed by atoms with Gasteiger partial charge >= 0.3 is 5.97 Å². The Balaban J connectivity index is 1.77. The fraction of sp³-hybridized carbons (Fsp3) is 0.0588. The Kier molecular flexibility index (Phi) is 3.70. The highest BCUT2D eigenvalue weighted by Crippen LogP contribution is 2.25. The van der Waals surface area contributed by atoms with Crippen LogP contribution in [0.2, 0.25) is 5.02 Å². The predicted molar refractivity (Wildman–Crippen MR) is 94.4 cm³/mol. The number of aromatic nitrogens is 4. The number of carbonyl (C=O) groups excluding carboxylic acids is 1. The van der Waals surface area contributed by atoms with E-state index in [1.165, 1.54) is 7.11 Å². The molecule has 0 spiro atoms. The maximum absolute atomic E-state index is 11.5. The minimum Gasteiger partial charge on any atom is -0.465 e. The molecule has 2 heterocycles. The normalized spacial score (nSPS) is 11.0. The summed E-state index contributed by atoms with van der Waals surface area (Å²) in [6, 6.07) is 12.3. The van der Waals surface area contributed by atoms with Crippen LogP contribution in [0.4, 0.5) is 11.5 Å². The van der Waals surface area contributed by atoms with Crippen LogP contribution in [-0.4, -0.2) is 32.7 Å². The summed E-state index contributed by atoms with van der Waals surface area (Å²) < 4.78 is 6.51. The van der Waals surface area contributed by atoms with Gasteiger partial charge in [-0.2, -0.15) is 0 Å². The summed E-state index contributed by atoms with van der Waals surface area (Å²) in [4.78, 5) is 16.1. The SMILES string of the molecule is COC(=O)c1ccc(Nc2nc3ccc(Cl)cc3n3cnnc23)cc1. The van der Waals surface area contributed by atoms with Crippen LogP contribution in [-0.2, 0) is 4.74 Å². The van der Waals surface area contributed by atoms with Crippen molar-refractivity contribution in [2.45, 2.75) is 0 Å². The van der Waals surface area contributed by atoms with Crippen molar-refractivity contribution >= 4 is 45.8 Å². The Bertz CT molecular complexity index is 1090. The van der Waals surface area contributed by atoms with Crippen LogP contribution in [0.1, 0.15) is 10.4 Å². The lowest BCUT2D eigenvalue weighted by molar-refractivity contribution is 0.0601. The van der Waals surface area contributed by atoms with Crippen LogP contribution >= 0.6 is 11.6 Å². The lowest BCUT2D eigenvalue weighted by Gasteiger charge is -2.09. The largest absolute Gasteiger partial charge is 0.465 e. The standard InChI is InChI=1S/C17H12ClN5O2/c1-25-17(24)10-2-5-12(6-3-10)20-15-16-22-19-9-23(16)14-8-11(18)4-7-13(14)21-15/h2-9H,1H3,(H,20,21). The Labute approximate surface area is 147 Å². The number of benzene rings is 2. The van der Waals surface area contributed by atoms with Gasteiger partial charge in [-0.15, -0.1) is 10.2 Å². The quantitative estimate of drug-likeness (QED) is 0.568. The van der Waals surface area contributed by atoms with E-state index in [0.717, 1.165) is 16.7 Å². The van der Waals surface area contributed by atoms with Gasteiger partial charge in [0.2, 0.25) is 5.65 Å². The number of ether oxygens (including phenoxy) is 1. The Hall–Kier alpha value is -3.19. The highest BCUT2D eigenvalue weighted by molar-refractivity contribution is 6.31. The van der Waals surface area contributed by atoms with Crippen molar-refractivity contribution in [1.29, 1.82) is 0 Å². The molecule has 8 heteroatoms. The minimum atomic E-state index is -0.382. The van der Waals surface area contributed by atoms with E-state index in [-0.39, 0.29) is 5.97 Å². The first-order valence-electron chi connectivity index (χ1n) is 7.40. The summed E-state index contributed by atoms with van der Waals surface area (Å²) in [6.45, 7) is 0. The zero-order valence-corrected chi connectivity index (χ0v) is 13.9. The van der Waals surface area contributed by atoms with Crippen molar-refractivity contribution in [2.24, 2.45) is 0 Å². The number of nitrogens with one attached hydrogen (secondary N) is 1. The number of methoxy groups -OCH3 is 1. The van der Waals surface area contributed by atoms with Gasteiger partial charge in [0.05, 0.1) is 23.7 Å². The molecule has 0 atom stereocenters. The number of fused-ring (bicyclic) bond motifs is 3. The molecule has 0 aliphatic heterocycles. The van der Waals surface area contributed by atoms with Gasteiger partial charge in [-0.1, -0.05) is 11.6 Å². The molecule has 2 aromatic carbocycles. The van der Waals surface area contributed by atoms with Gasteiger partial charge in [0.25, 0.3) is 0 Å². The fourth-order valence-corrected chi connectivity index (χ4v) is 2.72. The van der Waals surface area contributed by atoms with Crippen molar-refractivity contribution in [3.63, 3.8) is 0 Å². The Morgan fingerprint density at radius 1 is 1.20 bits per heavy atom. The number of carbonyl (C=O) groups is 1. The van der Waals surface area contributed by atoms with Crippen molar-refractivity contribution in [2.75, 3.05) is 12.4 Å². The van der Waals surface area contributed by atoms with Gasteiger partial charge in [0.15, 0.2) is 5.82 Å². The van der Waals surface area contributed by atoms with Gasteiger partial charge in [-0.05, 0) is 42.5 Å². The molecule has 0 saturated carbocycles. The third-order valence-corrected chi connectivity index (χ3v) is 3.99.